The molecular formula is C13H25NO3. The van der Waals surface area contributed by atoms with Crippen molar-refractivity contribution in [3.05, 3.63) is 0 Å². The lowest BCUT2D eigenvalue weighted by Crippen LogP contribution is -2.36. The van der Waals surface area contributed by atoms with Crippen LogP contribution in [-0.2, 0) is 14.3 Å². The minimum Gasteiger partial charge on any atom is -0.461 e. The van der Waals surface area contributed by atoms with E-state index in [2.05, 4.69) is 13.8 Å². The van der Waals surface area contributed by atoms with E-state index >= 15 is 0 Å². The predicted octanol–water partition coefficient (Wildman–Crippen LogP) is 1.72. The van der Waals surface area contributed by atoms with Crippen molar-refractivity contribution >= 4 is 5.97 Å². The predicted molar refractivity (Wildman–Crippen MR) is 66.5 cm³/mol. The minimum atomic E-state index is -0.540. The van der Waals surface area contributed by atoms with E-state index in [0.29, 0.717) is 25.6 Å². The highest BCUT2D eigenvalue weighted by Crippen LogP contribution is 2.20. The van der Waals surface area contributed by atoms with Crippen molar-refractivity contribution in [2.45, 2.75) is 52.2 Å². The number of hydrogen-bond acceptors (Lipinski definition) is 4. The van der Waals surface area contributed by atoms with Gasteiger partial charge in [-0.1, -0.05) is 20.3 Å². The van der Waals surface area contributed by atoms with Crippen LogP contribution in [0.3, 0.4) is 0 Å². The van der Waals surface area contributed by atoms with Crippen molar-refractivity contribution in [1.82, 2.24) is 0 Å². The number of ether oxygens (including phenoxy) is 2. The minimum absolute atomic E-state index is 0.106. The second-order valence-corrected chi connectivity index (χ2v) is 5.34. The first-order chi connectivity index (χ1) is 8.00. The molecule has 1 saturated heterocycles. The van der Waals surface area contributed by atoms with E-state index in [-0.39, 0.29) is 18.0 Å². The standard InChI is InChI=1S/C13H25NO3/c1-9(2)4-5-11-8-16-7-6-12(14)13(15)17-10(11)3/h9-12H,4-8,14H2,1-3H3/t10-,11+,12-/m0/s1. The van der Waals surface area contributed by atoms with Gasteiger partial charge in [0.15, 0.2) is 0 Å². The third-order valence-corrected chi connectivity index (χ3v) is 3.29. The summed E-state index contributed by atoms with van der Waals surface area (Å²) in [5, 5.41) is 0. The number of nitrogens with two attached hydrogens (primary N) is 1. The third-order valence-electron chi connectivity index (χ3n) is 3.29. The third kappa shape index (κ3) is 5.04. The van der Waals surface area contributed by atoms with Crippen LogP contribution in [0.15, 0.2) is 0 Å². The zero-order chi connectivity index (χ0) is 12.8. The molecule has 0 aromatic rings. The lowest BCUT2D eigenvalue weighted by atomic mass is 9.94. The van der Waals surface area contributed by atoms with Crippen LogP contribution >= 0.6 is 0 Å². The van der Waals surface area contributed by atoms with E-state index in [9.17, 15) is 4.79 Å². The molecule has 1 fully saturated rings. The van der Waals surface area contributed by atoms with Gasteiger partial charge in [0.1, 0.15) is 12.1 Å². The molecule has 4 heteroatoms. The number of carbonyl (C=O) groups is 1. The quantitative estimate of drug-likeness (QED) is 0.767. The smallest absolute Gasteiger partial charge is 0.323 e. The molecule has 0 radical (unpaired) electrons. The molecule has 4 nitrogen and oxygen atoms in total. The van der Waals surface area contributed by atoms with Crippen LogP contribution in [-0.4, -0.2) is 31.3 Å². The van der Waals surface area contributed by atoms with Crippen LogP contribution in [0.25, 0.3) is 0 Å². The Morgan fingerprint density at radius 1 is 1.47 bits per heavy atom. The zero-order valence-corrected chi connectivity index (χ0v) is 11.1. The number of carbonyl (C=O) groups excluding carboxylic acids is 1. The van der Waals surface area contributed by atoms with Gasteiger partial charge < -0.3 is 15.2 Å². The Morgan fingerprint density at radius 3 is 2.82 bits per heavy atom. The van der Waals surface area contributed by atoms with Crippen molar-refractivity contribution in [3.8, 4) is 0 Å². The molecule has 1 aliphatic rings. The SMILES string of the molecule is CC(C)CC[C@@H]1COCC[C@H](N)C(=O)O[C@H]1C. The molecule has 100 valence electrons. The van der Waals surface area contributed by atoms with Crippen LogP contribution in [0.2, 0.25) is 0 Å². The molecule has 0 saturated carbocycles. The summed E-state index contributed by atoms with van der Waals surface area (Å²) in [7, 11) is 0. The molecule has 0 aromatic carbocycles. The fourth-order valence-electron chi connectivity index (χ4n) is 1.93. The molecule has 3 atom stereocenters. The van der Waals surface area contributed by atoms with Crippen molar-refractivity contribution in [3.63, 3.8) is 0 Å². The largest absolute Gasteiger partial charge is 0.461 e. The number of hydrogen-bond donors (Lipinski definition) is 1. The molecule has 1 aliphatic heterocycles. The fraction of sp³-hybridized carbons (Fsp3) is 0.923. The summed E-state index contributed by atoms with van der Waals surface area (Å²) in [5.41, 5.74) is 5.69. The Bertz CT molecular complexity index is 243. The van der Waals surface area contributed by atoms with Gasteiger partial charge in [-0.2, -0.15) is 0 Å². The Balaban J connectivity index is 2.53. The molecular weight excluding hydrogens is 218 g/mol. The Labute approximate surface area is 104 Å². The Kier molecular flexibility index (Phi) is 5.92. The first-order valence-electron chi connectivity index (χ1n) is 6.54. The van der Waals surface area contributed by atoms with E-state index in [1.807, 2.05) is 6.92 Å². The number of cyclic esters (lactones) is 1. The zero-order valence-electron chi connectivity index (χ0n) is 11.1. The van der Waals surface area contributed by atoms with Crippen LogP contribution in [0.5, 0.6) is 0 Å². The molecule has 0 unspecified atom stereocenters. The van der Waals surface area contributed by atoms with E-state index in [0.717, 1.165) is 12.8 Å². The molecule has 1 rings (SSSR count). The summed E-state index contributed by atoms with van der Waals surface area (Å²) in [6.45, 7) is 7.53. The maximum atomic E-state index is 11.6. The van der Waals surface area contributed by atoms with Crippen molar-refractivity contribution in [1.29, 1.82) is 0 Å². The summed E-state index contributed by atoms with van der Waals surface area (Å²) in [5.74, 6) is 0.650. The summed E-state index contributed by atoms with van der Waals surface area (Å²) >= 11 is 0. The Hall–Kier alpha value is -0.610. The summed E-state index contributed by atoms with van der Waals surface area (Å²) in [6.07, 6.45) is 2.59. The van der Waals surface area contributed by atoms with Gasteiger partial charge in [-0.3, -0.25) is 4.79 Å². The maximum Gasteiger partial charge on any atom is 0.323 e. The van der Waals surface area contributed by atoms with Gasteiger partial charge in [0.25, 0.3) is 0 Å². The van der Waals surface area contributed by atoms with E-state index in [1.165, 1.54) is 0 Å². The molecule has 0 aliphatic carbocycles. The fourth-order valence-corrected chi connectivity index (χ4v) is 1.93. The van der Waals surface area contributed by atoms with Gasteiger partial charge in [0.05, 0.1) is 6.61 Å². The van der Waals surface area contributed by atoms with Gasteiger partial charge >= 0.3 is 5.97 Å². The molecule has 17 heavy (non-hydrogen) atoms. The van der Waals surface area contributed by atoms with Crippen molar-refractivity contribution < 1.29 is 14.3 Å². The van der Waals surface area contributed by atoms with Crippen LogP contribution in [0, 0.1) is 11.8 Å². The topological polar surface area (TPSA) is 61.5 Å². The number of rotatable bonds is 3. The highest BCUT2D eigenvalue weighted by Gasteiger charge is 2.26. The van der Waals surface area contributed by atoms with Gasteiger partial charge in [0.2, 0.25) is 0 Å². The van der Waals surface area contributed by atoms with E-state index in [1.54, 1.807) is 0 Å². The average molecular weight is 243 g/mol. The summed E-state index contributed by atoms with van der Waals surface area (Å²) in [6, 6.07) is -0.540. The normalized spacial score (nSPS) is 31.6. The highest BCUT2D eigenvalue weighted by molar-refractivity contribution is 5.75. The second kappa shape index (κ2) is 6.97. The van der Waals surface area contributed by atoms with Crippen molar-refractivity contribution in [2.24, 2.45) is 17.6 Å². The summed E-state index contributed by atoms with van der Waals surface area (Å²) in [4.78, 5) is 11.6. The van der Waals surface area contributed by atoms with E-state index in [4.69, 9.17) is 15.2 Å². The first kappa shape index (κ1) is 14.5. The highest BCUT2D eigenvalue weighted by atomic mass is 16.5. The van der Waals surface area contributed by atoms with Gasteiger partial charge in [-0.25, -0.2) is 0 Å². The average Bonchev–Trinajstić information content (AvgIpc) is 2.30. The lowest BCUT2D eigenvalue weighted by Gasteiger charge is -2.24. The van der Waals surface area contributed by atoms with Crippen LogP contribution < -0.4 is 5.73 Å². The second-order valence-electron chi connectivity index (χ2n) is 5.34. The van der Waals surface area contributed by atoms with Gasteiger partial charge in [-0.05, 0) is 25.7 Å². The lowest BCUT2D eigenvalue weighted by molar-refractivity contribution is -0.152. The van der Waals surface area contributed by atoms with Gasteiger partial charge in [0, 0.05) is 12.5 Å². The molecule has 0 spiro atoms. The molecule has 2 N–H and O–H groups in total. The van der Waals surface area contributed by atoms with Crippen molar-refractivity contribution in [2.75, 3.05) is 13.2 Å². The van der Waals surface area contributed by atoms with Crippen LogP contribution in [0.4, 0.5) is 0 Å². The summed E-state index contributed by atoms with van der Waals surface area (Å²) < 4.78 is 11.0. The molecule has 0 amide bonds. The molecule has 0 aromatic heterocycles. The monoisotopic (exact) mass is 243 g/mol. The maximum absolute atomic E-state index is 11.6. The van der Waals surface area contributed by atoms with Crippen LogP contribution in [0.1, 0.15) is 40.0 Å². The van der Waals surface area contributed by atoms with Gasteiger partial charge in [-0.15, -0.1) is 0 Å². The molecule has 0 bridgehead atoms. The Morgan fingerprint density at radius 2 is 2.18 bits per heavy atom. The van der Waals surface area contributed by atoms with E-state index < -0.39 is 6.04 Å². The number of esters is 1. The first-order valence-corrected chi connectivity index (χ1v) is 6.54. The molecule has 1 heterocycles.